The molecule has 1 amide bonds. The van der Waals surface area contributed by atoms with E-state index in [0.717, 1.165) is 0 Å². The van der Waals surface area contributed by atoms with Gasteiger partial charge in [-0.05, 0) is 35.9 Å². The zero-order chi connectivity index (χ0) is 14.7. The van der Waals surface area contributed by atoms with Gasteiger partial charge in [0.25, 0.3) is 0 Å². The maximum atomic E-state index is 11.0. The summed E-state index contributed by atoms with van der Waals surface area (Å²) in [6.07, 6.45) is 0. The molecule has 0 saturated heterocycles. The van der Waals surface area contributed by atoms with Gasteiger partial charge in [0.2, 0.25) is 17.1 Å². The number of aromatic nitrogens is 3. The SMILES string of the molecule is CN(C)c1nc(Cl)nc(Oc2ccc(C(N)=O)cc2)n1. The highest BCUT2D eigenvalue weighted by Gasteiger charge is 2.09. The lowest BCUT2D eigenvalue weighted by molar-refractivity contribution is 0.100. The maximum absolute atomic E-state index is 11.0. The molecule has 0 bridgehead atoms. The molecule has 104 valence electrons. The van der Waals surface area contributed by atoms with Crippen LogP contribution in [0.1, 0.15) is 10.4 Å². The highest BCUT2D eigenvalue weighted by molar-refractivity contribution is 6.28. The summed E-state index contributed by atoms with van der Waals surface area (Å²) >= 11 is 5.80. The van der Waals surface area contributed by atoms with Crippen LogP contribution in [0.25, 0.3) is 0 Å². The van der Waals surface area contributed by atoms with Crippen molar-refractivity contribution in [2.75, 3.05) is 19.0 Å². The Kier molecular flexibility index (Phi) is 3.99. The highest BCUT2D eigenvalue weighted by Crippen LogP contribution is 2.20. The first kappa shape index (κ1) is 14.0. The van der Waals surface area contributed by atoms with Crippen LogP contribution in [0, 0.1) is 0 Å². The minimum Gasteiger partial charge on any atom is -0.424 e. The van der Waals surface area contributed by atoms with Gasteiger partial charge in [-0.2, -0.15) is 15.0 Å². The number of nitrogens with two attached hydrogens (primary N) is 1. The first-order valence-electron chi connectivity index (χ1n) is 5.62. The summed E-state index contributed by atoms with van der Waals surface area (Å²) in [6, 6.07) is 6.35. The van der Waals surface area contributed by atoms with Gasteiger partial charge in [-0.3, -0.25) is 4.79 Å². The molecule has 0 atom stereocenters. The molecule has 2 N–H and O–H groups in total. The number of carbonyl (C=O) groups is 1. The predicted molar refractivity (Wildman–Crippen MR) is 74.2 cm³/mol. The van der Waals surface area contributed by atoms with E-state index in [9.17, 15) is 4.79 Å². The van der Waals surface area contributed by atoms with Crippen molar-refractivity contribution in [1.82, 2.24) is 15.0 Å². The summed E-state index contributed by atoms with van der Waals surface area (Å²) in [7, 11) is 3.55. The molecule has 0 aliphatic heterocycles. The molecule has 8 heteroatoms. The van der Waals surface area contributed by atoms with Crippen LogP contribution in [-0.4, -0.2) is 35.0 Å². The molecular weight excluding hydrogens is 282 g/mol. The molecule has 1 aromatic heterocycles. The number of hydrogen-bond acceptors (Lipinski definition) is 6. The molecule has 20 heavy (non-hydrogen) atoms. The molecule has 2 rings (SSSR count). The largest absolute Gasteiger partial charge is 0.424 e. The lowest BCUT2D eigenvalue weighted by Gasteiger charge is -2.11. The summed E-state index contributed by atoms with van der Waals surface area (Å²) in [5.74, 6) is 0.338. The number of nitrogens with zero attached hydrogens (tertiary/aromatic N) is 4. The second-order valence-electron chi connectivity index (χ2n) is 4.07. The summed E-state index contributed by atoms with van der Waals surface area (Å²) in [6.45, 7) is 0. The van der Waals surface area contributed by atoms with Crippen LogP contribution < -0.4 is 15.4 Å². The van der Waals surface area contributed by atoms with Crippen molar-refractivity contribution in [3.05, 3.63) is 35.1 Å². The number of primary amides is 1. The molecule has 0 unspecified atom stereocenters. The fourth-order valence-electron chi connectivity index (χ4n) is 1.36. The third kappa shape index (κ3) is 3.33. The summed E-state index contributed by atoms with van der Waals surface area (Å²) in [5, 5.41) is 0.0347. The molecule has 2 aromatic rings. The summed E-state index contributed by atoms with van der Waals surface area (Å²) in [5.41, 5.74) is 5.54. The quantitative estimate of drug-likeness (QED) is 0.917. The van der Waals surface area contributed by atoms with E-state index in [1.165, 1.54) is 0 Å². The Bertz CT molecular complexity index is 630. The van der Waals surface area contributed by atoms with Crippen LogP contribution in [0.2, 0.25) is 5.28 Å². The molecule has 7 nitrogen and oxygen atoms in total. The van der Waals surface area contributed by atoms with Crippen molar-refractivity contribution in [2.45, 2.75) is 0 Å². The van der Waals surface area contributed by atoms with E-state index in [4.69, 9.17) is 22.1 Å². The third-order valence-corrected chi connectivity index (χ3v) is 2.49. The Morgan fingerprint density at radius 1 is 1.20 bits per heavy atom. The van der Waals surface area contributed by atoms with Crippen molar-refractivity contribution in [3.63, 3.8) is 0 Å². The first-order chi connectivity index (χ1) is 9.45. The average molecular weight is 294 g/mol. The van der Waals surface area contributed by atoms with Crippen LogP contribution in [0.4, 0.5) is 5.95 Å². The molecule has 1 heterocycles. The number of benzene rings is 1. The standard InChI is InChI=1S/C12H12ClN5O2/c1-18(2)11-15-10(13)16-12(17-11)20-8-5-3-7(4-6-8)9(14)19/h3-6H,1-2H3,(H2,14,19). The maximum Gasteiger partial charge on any atom is 0.328 e. The lowest BCUT2D eigenvalue weighted by atomic mass is 10.2. The molecule has 0 spiro atoms. The normalized spacial score (nSPS) is 10.2. The summed E-state index contributed by atoms with van der Waals surface area (Å²) < 4.78 is 5.46. The second-order valence-corrected chi connectivity index (χ2v) is 4.41. The van der Waals surface area contributed by atoms with Crippen molar-refractivity contribution in [3.8, 4) is 11.8 Å². The second kappa shape index (κ2) is 5.70. The molecule has 0 radical (unpaired) electrons. The summed E-state index contributed by atoms with van der Waals surface area (Å²) in [4.78, 5) is 24.5. The van der Waals surface area contributed by atoms with Gasteiger partial charge >= 0.3 is 6.01 Å². The van der Waals surface area contributed by atoms with E-state index in [1.54, 1.807) is 43.3 Å². The van der Waals surface area contributed by atoms with Crippen LogP contribution in [0.15, 0.2) is 24.3 Å². The monoisotopic (exact) mass is 293 g/mol. The van der Waals surface area contributed by atoms with E-state index in [1.807, 2.05) is 0 Å². The van der Waals surface area contributed by atoms with Crippen LogP contribution >= 0.6 is 11.6 Å². The van der Waals surface area contributed by atoms with Crippen LogP contribution in [-0.2, 0) is 0 Å². The van der Waals surface area contributed by atoms with Crippen LogP contribution in [0.5, 0.6) is 11.8 Å². The smallest absolute Gasteiger partial charge is 0.328 e. The molecule has 0 aliphatic carbocycles. The van der Waals surface area contributed by atoms with Crippen molar-refractivity contribution in [1.29, 1.82) is 0 Å². The Hall–Kier alpha value is -2.41. The number of hydrogen-bond donors (Lipinski definition) is 1. The van der Waals surface area contributed by atoms with Gasteiger partial charge in [0.1, 0.15) is 5.75 Å². The lowest BCUT2D eigenvalue weighted by Crippen LogP contribution is -2.13. The average Bonchev–Trinajstić information content (AvgIpc) is 2.38. The fraction of sp³-hybridized carbons (Fsp3) is 0.167. The Balaban J connectivity index is 2.23. The number of halogens is 1. The van der Waals surface area contributed by atoms with Crippen LogP contribution in [0.3, 0.4) is 0 Å². The number of anilines is 1. The zero-order valence-corrected chi connectivity index (χ0v) is 11.6. The van der Waals surface area contributed by atoms with Gasteiger partial charge in [-0.25, -0.2) is 0 Å². The van der Waals surface area contributed by atoms with E-state index in [0.29, 0.717) is 17.3 Å². The van der Waals surface area contributed by atoms with Gasteiger partial charge < -0.3 is 15.4 Å². The Labute approximate surface area is 120 Å². The van der Waals surface area contributed by atoms with Gasteiger partial charge in [-0.15, -0.1) is 0 Å². The van der Waals surface area contributed by atoms with Crippen molar-refractivity contribution in [2.24, 2.45) is 5.73 Å². The van der Waals surface area contributed by atoms with Gasteiger partial charge in [0.15, 0.2) is 0 Å². The molecule has 0 saturated carbocycles. The van der Waals surface area contributed by atoms with Gasteiger partial charge in [0.05, 0.1) is 0 Å². The number of ether oxygens (including phenoxy) is 1. The van der Waals surface area contributed by atoms with Gasteiger partial charge in [-0.1, -0.05) is 0 Å². The number of amides is 1. The third-order valence-electron chi connectivity index (χ3n) is 2.32. The molecular formula is C12H12ClN5O2. The fourth-order valence-corrected chi connectivity index (χ4v) is 1.51. The molecule has 0 aliphatic rings. The topological polar surface area (TPSA) is 94.2 Å². The molecule has 1 aromatic carbocycles. The number of carbonyl (C=O) groups excluding carboxylic acids is 1. The number of rotatable bonds is 4. The minimum absolute atomic E-state index is 0.0347. The van der Waals surface area contributed by atoms with Gasteiger partial charge in [0, 0.05) is 19.7 Å². The van der Waals surface area contributed by atoms with E-state index in [2.05, 4.69) is 15.0 Å². The van der Waals surface area contributed by atoms with E-state index in [-0.39, 0.29) is 11.3 Å². The first-order valence-corrected chi connectivity index (χ1v) is 6.00. The minimum atomic E-state index is -0.505. The zero-order valence-electron chi connectivity index (χ0n) is 10.9. The predicted octanol–water partition coefficient (Wildman–Crippen LogP) is 1.48. The van der Waals surface area contributed by atoms with Crippen molar-refractivity contribution >= 4 is 23.5 Å². The van der Waals surface area contributed by atoms with E-state index >= 15 is 0 Å². The van der Waals surface area contributed by atoms with Crippen molar-refractivity contribution < 1.29 is 9.53 Å². The molecule has 0 fully saturated rings. The Morgan fingerprint density at radius 3 is 2.40 bits per heavy atom. The van der Waals surface area contributed by atoms with E-state index < -0.39 is 5.91 Å². The Morgan fingerprint density at radius 2 is 1.85 bits per heavy atom. The highest BCUT2D eigenvalue weighted by atomic mass is 35.5.